The summed E-state index contributed by atoms with van der Waals surface area (Å²) in [6, 6.07) is 11.7. The largest absolute Gasteiger partial charge is 0.322 e. The van der Waals surface area contributed by atoms with Crippen LogP contribution in [-0.2, 0) is 19.9 Å². The Morgan fingerprint density at radius 1 is 0.867 bits per heavy atom. The van der Waals surface area contributed by atoms with Crippen molar-refractivity contribution in [2.24, 2.45) is 0 Å². The van der Waals surface area contributed by atoms with Crippen molar-refractivity contribution in [3.8, 4) is 0 Å². The van der Waals surface area contributed by atoms with Crippen LogP contribution in [0.25, 0.3) is 0 Å². The van der Waals surface area contributed by atoms with Crippen LogP contribution in [0.4, 0.5) is 5.69 Å². The van der Waals surface area contributed by atoms with E-state index in [-0.39, 0.29) is 15.8 Å². The number of anilines is 1. The minimum absolute atomic E-state index is 0.0154. The van der Waals surface area contributed by atoms with E-state index < -0.39 is 25.8 Å². The van der Waals surface area contributed by atoms with Crippen LogP contribution in [0.1, 0.15) is 42.5 Å². The molecule has 2 aromatic carbocycles. The lowest BCUT2D eigenvalue weighted by Crippen LogP contribution is -2.38. The summed E-state index contributed by atoms with van der Waals surface area (Å²) < 4.78 is 50.3. The van der Waals surface area contributed by atoms with Gasteiger partial charge in [0.15, 0.2) is 9.84 Å². The van der Waals surface area contributed by atoms with E-state index in [0.29, 0.717) is 11.3 Å². The molecule has 1 amide bonds. The maximum absolute atomic E-state index is 12.9. The van der Waals surface area contributed by atoms with Crippen molar-refractivity contribution in [2.45, 2.75) is 47.9 Å². The van der Waals surface area contributed by atoms with Gasteiger partial charge in [0.2, 0.25) is 10.0 Å². The van der Waals surface area contributed by atoms with E-state index in [0.717, 1.165) is 38.4 Å². The zero-order valence-electron chi connectivity index (χ0n) is 17.0. The summed E-state index contributed by atoms with van der Waals surface area (Å²) in [5.41, 5.74) is 0.752. The molecule has 0 radical (unpaired) electrons. The third-order valence-electron chi connectivity index (χ3n) is 5.42. The van der Waals surface area contributed by atoms with E-state index in [4.69, 9.17) is 0 Å². The van der Waals surface area contributed by atoms with Gasteiger partial charge in [0.05, 0.1) is 9.79 Å². The maximum Gasteiger partial charge on any atom is 0.255 e. The molecule has 1 N–H and O–H groups in total. The van der Waals surface area contributed by atoms with Gasteiger partial charge in [-0.3, -0.25) is 4.79 Å². The van der Waals surface area contributed by atoms with Gasteiger partial charge in [-0.15, -0.1) is 0 Å². The number of sulfone groups is 1. The molecule has 1 saturated carbocycles. The minimum atomic E-state index is -3.61. The van der Waals surface area contributed by atoms with Crippen LogP contribution >= 0.6 is 0 Å². The molecule has 0 aromatic heterocycles. The molecular weight excluding hydrogens is 424 g/mol. The van der Waals surface area contributed by atoms with Gasteiger partial charge >= 0.3 is 0 Å². The number of benzene rings is 2. The van der Waals surface area contributed by atoms with E-state index in [1.165, 1.54) is 52.8 Å². The SMILES string of the molecule is CN(C1CCCCC1)S(=O)(=O)c1ccc(C(=O)Nc2ccc(S(C)(=O)=O)cc2)cc1. The summed E-state index contributed by atoms with van der Waals surface area (Å²) in [6.07, 6.45) is 6.07. The van der Waals surface area contributed by atoms with Crippen molar-refractivity contribution in [3.63, 3.8) is 0 Å². The first-order valence-corrected chi connectivity index (χ1v) is 13.1. The van der Waals surface area contributed by atoms with Crippen molar-refractivity contribution in [2.75, 3.05) is 18.6 Å². The van der Waals surface area contributed by atoms with Crippen molar-refractivity contribution in [3.05, 3.63) is 54.1 Å². The smallest absolute Gasteiger partial charge is 0.255 e. The van der Waals surface area contributed by atoms with Crippen molar-refractivity contribution < 1.29 is 21.6 Å². The molecule has 9 heteroatoms. The molecule has 0 bridgehead atoms. The Morgan fingerprint density at radius 3 is 1.93 bits per heavy atom. The molecule has 0 saturated heterocycles. The molecule has 3 rings (SSSR count). The number of rotatable bonds is 6. The number of carbonyl (C=O) groups excluding carboxylic acids is 1. The van der Waals surface area contributed by atoms with Crippen LogP contribution in [0.3, 0.4) is 0 Å². The van der Waals surface area contributed by atoms with Gasteiger partial charge in [-0.1, -0.05) is 19.3 Å². The highest BCUT2D eigenvalue weighted by Gasteiger charge is 2.29. The molecule has 1 fully saturated rings. The first kappa shape index (κ1) is 22.5. The molecule has 0 aliphatic heterocycles. The molecule has 1 aliphatic carbocycles. The lowest BCUT2D eigenvalue weighted by molar-refractivity contribution is 0.102. The quantitative estimate of drug-likeness (QED) is 0.728. The lowest BCUT2D eigenvalue weighted by atomic mass is 9.96. The number of nitrogens with one attached hydrogen (secondary N) is 1. The first-order valence-electron chi connectivity index (χ1n) is 9.78. The van der Waals surface area contributed by atoms with E-state index in [1.54, 1.807) is 7.05 Å². The predicted octanol–water partition coefficient (Wildman–Crippen LogP) is 3.30. The van der Waals surface area contributed by atoms with Gasteiger partial charge in [0, 0.05) is 30.6 Å². The Bertz CT molecular complexity index is 1100. The Labute approximate surface area is 178 Å². The Kier molecular flexibility index (Phi) is 6.64. The molecule has 0 unspecified atom stereocenters. The van der Waals surface area contributed by atoms with Gasteiger partial charge in [0.1, 0.15) is 0 Å². The van der Waals surface area contributed by atoms with Crippen LogP contribution in [0.2, 0.25) is 0 Å². The lowest BCUT2D eigenvalue weighted by Gasteiger charge is -2.30. The maximum atomic E-state index is 12.9. The van der Waals surface area contributed by atoms with E-state index in [1.807, 2.05) is 0 Å². The molecule has 30 heavy (non-hydrogen) atoms. The fourth-order valence-electron chi connectivity index (χ4n) is 3.57. The predicted molar refractivity (Wildman–Crippen MR) is 116 cm³/mol. The second-order valence-electron chi connectivity index (χ2n) is 7.59. The Hall–Kier alpha value is -2.23. The summed E-state index contributed by atoms with van der Waals surface area (Å²) in [7, 11) is -5.30. The molecule has 162 valence electrons. The Balaban J connectivity index is 1.70. The van der Waals surface area contributed by atoms with E-state index in [2.05, 4.69) is 5.32 Å². The third-order valence-corrected chi connectivity index (χ3v) is 8.48. The zero-order chi connectivity index (χ0) is 21.9. The van der Waals surface area contributed by atoms with Crippen LogP contribution in [-0.4, -0.2) is 46.4 Å². The van der Waals surface area contributed by atoms with Crippen molar-refractivity contribution >= 4 is 31.5 Å². The highest BCUT2D eigenvalue weighted by atomic mass is 32.2. The van der Waals surface area contributed by atoms with Crippen LogP contribution in [0.15, 0.2) is 58.3 Å². The molecule has 1 aliphatic rings. The van der Waals surface area contributed by atoms with E-state index in [9.17, 15) is 21.6 Å². The zero-order valence-corrected chi connectivity index (χ0v) is 18.7. The van der Waals surface area contributed by atoms with Crippen LogP contribution < -0.4 is 5.32 Å². The molecule has 7 nitrogen and oxygen atoms in total. The molecule has 0 atom stereocenters. The molecule has 0 heterocycles. The molecule has 0 spiro atoms. The van der Waals surface area contributed by atoms with Crippen LogP contribution in [0.5, 0.6) is 0 Å². The van der Waals surface area contributed by atoms with Crippen molar-refractivity contribution in [1.29, 1.82) is 0 Å². The van der Waals surface area contributed by atoms with Gasteiger partial charge in [-0.25, -0.2) is 16.8 Å². The Morgan fingerprint density at radius 2 is 1.40 bits per heavy atom. The summed E-state index contributed by atoms with van der Waals surface area (Å²) >= 11 is 0. The molecule has 2 aromatic rings. The summed E-state index contributed by atoms with van der Waals surface area (Å²) in [5.74, 6) is -0.410. The number of amides is 1. The number of carbonyl (C=O) groups is 1. The van der Waals surface area contributed by atoms with Crippen molar-refractivity contribution in [1.82, 2.24) is 4.31 Å². The summed E-state index contributed by atoms with van der Waals surface area (Å²) in [4.78, 5) is 12.8. The summed E-state index contributed by atoms with van der Waals surface area (Å²) in [5, 5.41) is 2.68. The second kappa shape index (κ2) is 8.87. The number of sulfonamides is 1. The summed E-state index contributed by atoms with van der Waals surface area (Å²) in [6.45, 7) is 0. The fraction of sp³-hybridized carbons (Fsp3) is 0.381. The van der Waals surface area contributed by atoms with Gasteiger partial charge in [-0.05, 0) is 61.4 Å². The number of hydrogen-bond acceptors (Lipinski definition) is 5. The van der Waals surface area contributed by atoms with Gasteiger partial charge < -0.3 is 5.32 Å². The highest BCUT2D eigenvalue weighted by molar-refractivity contribution is 7.90. The number of hydrogen-bond donors (Lipinski definition) is 1. The topological polar surface area (TPSA) is 101 Å². The van der Waals surface area contributed by atoms with Gasteiger partial charge in [0.25, 0.3) is 5.91 Å². The normalized spacial score (nSPS) is 15.8. The fourth-order valence-corrected chi connectivity index (χ4v) is 5.62. The second-order valence-corrected chi connectivity index (χ2v) is 11.6. The standard InChI is InChI=1S/C21H26N2O5S2/c1-23(18-6-4-3-5-7-18)30(27,28)20-12-8-16(9-13-20)21(24)22-17-10-14-19(15-11-17)29(2,25)26/h8-15,18H,3-7H2,1-2H3,(H,22,24). The average molecular weight is 451 g/mol. The van der Waals surface area contributed by atoms with Crippen LogP contribution in [0, 0.1) is 0 Å². The van der Waals surface area contributed by atoms with E-state index >= 15 is 0 Å². The van der Waals surface area contributed by atoms with Gasteiger partial charge in [-0.2, -0.15) is 4.31 Å². The monoisotopic (exact) mass is 450 g/mol. The number of nitrogens with zero attached hydrogens (tertiary/aromatic N) is 1. The minimum Gasteiger partial charge on any atom is -0.322 e. The third kappa shape index (κ3) is 5.08. The first-order chi connectivity index (χ1) is 14.1. The molecular formula is C21H26N2O5S2. The average Bonchev–Trinajstić information content (AvgIpc) is 2.73. The highest BCUT2D eigenvalue weighted by Crippen LogP contribution is 2.26.